The molecule has 2 saturated carbocycles. The molecule has 35 heavy (non-hydrogen) atoms. The predicted molar refractivity (Wildman–Crippen MR) is 141 cm³/mol. The molecule has 0 unspecified atom stereocenters. The number of halogens is 2. The van der Waals surface area contributed by atoms with Crippen molar-refractivity contribution < 1.29 is 13.5 Å². The molecule has 2 aliphatic rings. The number of ether oxygens (including phenoxy) is 1. The Balaban J connectivity index is 1.23. The smallest absolute Gasteiger partial charge is 0.201 e. The second-order valence-electron chi connectivity index (χ2n) is 10.9. The largest absolute Gasteiger partial charge is 0.462 e. The molecule has 1 nitrogen and oxygen atoms in total. The van der Waals surface area contributed by atoms with Crippen molar-refractivity contribution in [1.29, 1.82) is 0 Å². The minimum absolute atomic E-state index is 0.0479. The van der Waals surface area contributed by atoms with Crippen LogP contribution in [0.5, 0.6) is 5.75 Å². The van der Waals surface area contributed by atoms with Crippen LogP contribution in [0.25, 0.3) is 0 Å². The van der Waals surface area contributed by atoms with Crippen molar-refractivity contribution in [3.05, 3.63) is 77.1 Å². The van der Waals surface area contributed by atoms with Gasteiger partial charge in [-0.2, -0.15) is 4.39 Å². The van der Waals surface area contributed by atoms with E-state index in [4.69, 9.17) is 4.74 Å². The van der Waals surface area contributed by atoms with E-state index in [1.54, 1.807) is 25.1 Å². The van der Waals surface area contributed by atoms with Crippen LogP contribution < -0.4 is 4.74 Å². The zero-order chi connectivity index (χ0) is 24.6. The van der Waals surface area contributed by atoms with Gasteiger partial charge in [0.2, 0.25) is 5.82 Å². The SMILES string of the molecule is C/C=C/Oc1ccc(C2CCC(CCc3ccc(C4CCC(CCC)CC4)cc3)CC2)c(F)c1F. The van der Waals surface area contributed by atoms with Crippen molar-refractivity contribution >= 4 is 0 Å². The Morgan fingerprint density at radius 2 is 1.40 bits per heavy atom. The lowest BCUT2D eigenvalue weighted by Crippen LogP contribution is -2.15. The van der Waals surface area contributed by atoms with Gasteiger partial charge >= 0.3 is 0 Å². The lowest BCUT2D eigenvalue weighted by molar-refractivity contribution is 0.303. The summed E-state index contributed by atoms with van der Waals surface area (Å²) in [4.78, 5) is 0. The molecule has 0 saturated heterocycles. The molecule has 0 atom stereocenters. The van der Waals surface area contributed by atoms with Gasteiger partial charge in [-0.1, -0.05) is 56.2 Å². The van der Waals surface area contributed by atoms with Crippen molar-refractivity contribution in [3.8, 4) is 5.75 Å². The molecule has 0 heterocycles. The highest BCUT2D eigenvalue weighted by molar-refractivity contribution is 5.34. The standard InChI is InChI=1S/C32H42F2O/c1-3-5-23-8-14-26(15-9-23)27-16-10-24(11-17-27)6-7-25-12-18-28(19-13-25)29-20-21-30(35-22-4-2)32(34)31(29)33/h4,10-11,16-17,20-23,25-26,28H,3,5-9,12-15,18-19H2,1-2H3/b22-4+. The zero-order valence-corrected chi connectivity index (χ0v) is 21.6. The number of allylic oxidation sites excluding steroid dienone is 1. The first-order valence-electron chi connectivity index (χ1n) is 13.9. The average Bonchev–Trinajstić information content (AvgIpc) is 2.90. The minimum Gasteiger partial charge on any atom is -0.462 e. The van der Waals surface area contributed by atoms with Crippen LogP contribution in [0.4, 0.5) is 8.78 Å². The molecule has 0 bridgehead atoms. The Morgan fingerprint density at radius 1 is 0.771 bits per heavy atom. The molecule has 0 spiro atoms. The van der Waals surface area contributed by atoms with Crippen LogP contribution in [0.3, 0.4) is 0 Å². The zero-order valence-electron chi connectivity index (χ0n) is 21.6. The Labute approximate surface area is 211 Å². The topological polar surface area (TPSA) is 9.23 Å². The molecule has 4 rings (SSSR count). The minimum atomic E-state index is -0.875. The Hall–Kier alpha value is -2.16. The molecule has 0 N–H and O–H groups in total. The van der Waals surface area contributed by atoms with Gasteiger partial charge < -0.3 is 4.74 Å². The summed E-state index contributed by atoms with van der Waals surface area (Å²) in [7, 11) is 0. The second-order valence-corrected chi connectivity index (χ2v) is 10.9. The maximum atomic E-state index is 14.7. The van der Waals surface area contributed by atoms with Gasteiger partial charge in [0, 0.05) is 0 Å². The van der Waals surface area contributed by atoms with Gasteiger partial charge in [-0.3, -0.25) is 0 Å². The quantitative estimate of drug-likeness (QED) is 0.324. The number of benzene rings is 2. The maximum absolute atomic E-state index is 14.7. The molecule has 0 aromatic heterocycles. The molecule has 3 heteroatoms. The van der Waals surface area contributed by atoms with E-state index in [2.05, 4.69) is 31.2 Å². The molecule has 2 fully saturated rings. The summed E-state index contributed by atoms with van der Waals surface area (Å²) < 4.78 is 34.2. The van der Waals surface area contributed by atoms with Gasteiger partial charge in [0.25, 0.3) is 0 Å². The van der Waals surface area contributed by atoms with Crippen LogP contribution in [-0.4, -0.2) is 0 Å². The third kappa shape index (κ3) is 6.74. The van der Waals surface area contributed by atoms with E-state index in [1.807, 2.05) is 0 Å². The lowest BCUT2D eigenvalue weighted by atomic mass is 9.76. The third-order valence-corrected chi connectivity index (χ3v) is 8.53. The van der Waals surface area contributed by atoms with E-state index in [0.717, 1.165) is 43.9 Å². The first-order valence-corrected chi connectivity index (χ1v) is 13.9. The third-order valence-electron chi connectivity index (χ3n) is 8.53. The average molecular weight is 481 g/mol. The molecule has 190 valence electrons. The van der Waals surface area contributed by atoms with Gasteiger partial charge in [0.05, 0.1) is 6.26 Å². The predicted octanol–water partition coefficient (Wildman–Crippen LogP) is 9.86. The fourth-order valence-electron chi connectivity index (χ4n) is 6.38. The number of rotatable bonds is 9. The summed E-state index contributed by atoms with van der Waals surface area (Å²) in [5.74, 6) is 0.815. The highest BCUT2D eigenvalue weighted by atomic mass is 19.2. The van der Waals surface area contributed by atoms with Crippen LogP contribution in [0.1, 0.15) is 113 Å². The highest BCUT2D eigenvalue weighted by Gasteiger charge is 2.27. The molecule has 2 aromatic rings. The van der Waals surface area contributed by atoms with Crippen molar-refractivity contribution in [1.82, 2.24) is 0 Å². The van der Waals surface area contributed by atoms with Gasteiger partial charge in [-0.15, -0.1) is 0 Å². The summed E-state index contributed by atoms with van der Waals surface area (Å²) in [5.41, 5.74) is 3.47. The fraction of sp³-hybridized carbons (Fsp3) is 0.562. The van der Waals surface area contributed by atoms with Crippen molar-refractivity contribution in [2.24, 2.45) is 11.8 Å². The van der Waals surface area contributed by atoms with E-state index in [0.29, 0.717) is 11.5 Å². The first-order chi connectivity index (χ1) is 17.1. The molecule has 0 amide bonds. The Bertz CT molecular complexity index is 948. The lowest BCUT2D eigenvalue weighted by Gasteiger charge is -2.29. The van der Waals surface area contributed by atoms with Crippen molar-refractivity contribution in [3.63, 3.8) is 0 Å². The molecule has 0 aliphatic heterocycles. The van der Waals surface area contributed by atoms with Gasteiger partial charge in [0.1, 0.15) is 0 Å². The summed E-state index contributed by atoms with van der Waals surface area (Å²) in [6, 6.07) is 12.7. The van der Waals surface area contributed by atoms with E-state index >= 15 is 0 Å². The second kappa shape index (κ2) is 12.7. The monoisotopic (exact) mass is 480 g/mol. The van der Waals surface area contributed by atoms with Crippen molar-refractivity contribution in [2.75, 3.05) is 0 Å². The van der Waals surface area contributed by atoms with Gasteiger partial charge in [-0.05, 0) is 118 Å². The van der Waals surface area contributed by atoms with Gasteiger partial charge in [-0.25, -0.2) is 4.39 Å². The van der Waals surface area contributed by atoms with Crippen LogP contribution in [0.2, 0.25) is 0 Å². The van der Waals surface area contributed by atoms with Crippen molar-refractivity contribution in [2.45, 2.75) is 103 Å². The summed E-state index contributed by atoms with van der Waals surface area (Å²) in [6.45, 7) is 4.08. The maximum Gasteiger partial charge on any atom is 0.201 e. The number of hydrogen-bond acceptors (Lipinski definition) is 1. The normalized spacial score (nSPS) is 25.1. The molecule has 0 radical (unpaired) electrons. The first kappa shape index (κ1) is 25.9. The molecular weight excluding hydrogens is 438 g/mol. The van der Waals surface area contributed by atoms with Crippen LogP contribution in [-0.2, 0) is 6.42 Å². The summed E-state index contributed by atoms with van der Waals surface area (Å²) in [5, 5.41) is 0. The molecule has 2 aliphatic carbocycles. The fourth-order valence-corrected chi connectivity index (χ4v) is 6.38. The summed E-state index contributed by atoms with van der Waals surface area (Å²) >= 11 is 0. The van der Waals surface area contributed by atoms with E-state index in [9.17, 15) is 8.78 Å². The van der Waals surface area contributed by atoms with Crippen LogP contribution in [0.15, 0.2) is 48.7 Å². The van der Waals surface area contributed by atoms with E-state index in [-0.39, 0.29) is 11.7 Å². The Morgan fingerprint density at radius 3 is 2.03 bits per heavy atom. The van der Waals surface area contributed by atoms with Crippen LogP contribution >= 0.6 is 0 Å². The van der Waals surface area contributed by atoms with Crippen LogP contribution in [0, 0.1) is 23.5 Å². The van der Waals surface area contributed by atoms with Gasteiger partial charge in [0.15, 0.2) is 11.6 Å². The van der Waals surface area contributed by atoms with E-state index < -0.39 is 11.6 Å². The van der Waals surface area contributed by atoms with E-state index in [1.165, 1.54) is 62.3 Å². The highest BCUT2D eigenvalue weighted by Crippen LogP contribution is 2.40. The number of hydrogen-bond donors (Lipinski definition) is 0. The summed E-state index contributed by atoms with van der Waals surface area (Å²) in [6.07, 6.45) is 17.6. The molecule has 2 aromatic carbocycles. The number of aryl methyl sites for hydroxylation is 1. The molecular formula is C32H42F2O. The Kier molecular flexibility index (Phi) is 9.40.